The molecule has 0 spiro atoms. The predicted molar refractivity (Wildman–Crippen MR) is 20.9 cm³/mol. The molecule has 0 heteroatoms. The van der Waals surface area contributed by atoms with Gasteiger partial charge in [-0.15, -0.1) is 12.8 Å². The Labute approximate surface area is 32.2 Å². The van der Waals surface area contributed by atoms with E-state index in [1.807, 2.05) is 11.8 Å². The molecule has 22 valence electrons. The lowest BCUT2D eigenvalue weighted by molar-refractivity contribution is 2.04. The summed E-state index contributed by atoms with van der Waals surface area (Å²) >= 11 is 0. The molecule has 5 heavy (non-hydrogen) atoms. The molecular formula is C5H2. The summed E-state index contributed by atoms with van der Waals surface area (Å²) in [6.45, 7) is 0. The fourth-order valence-corrected chi connectivity index (χ4v) is 0.0417. The van der Waals surface area contributed by atoms with Gasteiger partial charge in [-0.3, -0.25) is 0 Å². The van der Waals surface area contributed by atoms with Crippen LogP contribution in [0, 0.1) is 31.1 Å². The van der Waals surface area contributed by atoms with Crippen molar-refractivity contribution in [1.29, 1.82) is 0 Å². The van der Waals surface area contributed by atoms with Crippen molar-refractivity contribution in [3.8, 4) is 24.7 Å². The second-order valence-corrected chi connectivity index (χ2v) is 0.414. The second-order valence-electron chi connectivity index (χ2n) is 0.414. The molecular weight excluding hydrogens is 60.1 g/mol. The topological polar surface area (TPSA) is 0 Å². The third-order valence-corrected chi connectivity index (χ3v) is 0.144. The molecule has 0 aliphatic heterocycles. The Balaban J connectivity index is 2.86. The molecule has 0 saturated carbocycles. The van der Waals surface area contributed by atoms with Gasteiger partial charge in [-0.25, -0.2) is 0 Å². The van der Waals surface area contributed by atoms with E-state index in [0.29, 0.717) is 0 Å². The van der Waals surface area contributed by atoms with Gasteiger partial charge in [-0.05, 0) is 0 Å². The van der Waals surface area contributed by atoms with Crippen LogP contribution < -0.4 is 0 Å². The Hall–Kier alpha value is -0.880. The van der Waals surface area contributed by atoms with E-state index in [9.17, 15) is 0 Å². The molecule has 0 atom stereocenters. The average molecular weight is 62.1 g/mol. The fourth-order valence-electron chi connectivity index (χ4n) is 0.0417. The van der Waals surface area contributed by atoms with Crippen LogP contribution in [0.3, 0.4) is 0 Å². The zero-order valence-corrected chi connectivity index (χ0v) is 2.65. The van der Waals surface area contributed by atoms with Gasteiger partial charge in [0.25, 0.3) is 0 Å². The maximum absolute atomic E-state index is 4.64. The van der Waals surface area contributed by atoms with Crippen LogP contribution in [0.4, 0.5) is 0 Å². The highest BCUT2D eigenvalue weighted by Crippen LogP contribution is 1.57. The summed E-state index contributed by atoms with van der Waals surface area (Å²) in [5.41, 5.74) is 0. The first-order chi connectivity index (χ1) is 2.41. The van der Waals surface area contributed by atoms with Gasteiger partial charge in [0, 0.05) is 0 Å². The molecule has 0 saturated heterocycles. The zero-order chi connectivity index (χ0) is 4.12. The van der Waals surface area contributed by atoms with Crippen LogP contribution in [-0.4, -0.2) is 0 Å². The van der Waals surface area contributed by atoms with E-state index in [1.54, 1.807) is 0 Å². The lowest BCUT2D eigenvalue weighted by Gasteiger charge is -1.52. The van der Waals surface area contributed by atoms with Crippen molar-refractivity contribution in [2.45, 2.75) is 0 Å². The normalized spacial score (nSPS) is 4.40. The fraction of sp³-hybridized carbons (Fsp3) is 0. The Morgan fingerprint density at radius 2 is 1.40 bits per heavy atom. The molecule has 0 aromatic carbocycles. The van der Waals surface area contributed by atoms with E-state index in [4.69, 9.17) is 0 Å². The molecule has 0 bridgehead atoms. The van der Waals surface area contributed by atoms with Gasteiger partial charge in [-0.2, -0.15) is 0 Å². The van der Waals surface area contributed by atoms with E-state index >= 15 is 0 Å². The van der Waals surface area contributed by atoms with Crippen molar-refractivity contribution in [1.82, 2.24) is 0 Å². The maximum atomic E-state index is 4.64. The van der Waals surface area contributed by atoms with Crippen LogP contribution in [0.5, 0.6) is 0 Å². The molecule has 0 aliphatic carbocycles. The molecule has 0 nitrogen and oxygen atoms in total. The third kappa shape index (κ3) is 3.12. The predicted octanol–water partition coefficient (Wildman–Crippen LogP) is 0.334. The van der Waals surface area contributed by atoms with Crippen molar-refractivity contribution in [2.75, 3.05) is 0 Å². The van der Waals surface area contributed by atoms with Crippen molar-refractivity contribution in [3.05, 3.63) is 6.42 Å². The molecule has 0 N–H and O–H groups in total. The lowest BCUT2D eigenvalue weighted by atomic mass is 10.5. The summed E-state index contributed by atoms with van der Waals surface area (Å²) < 4.78 is 0. The Kier molecular flexibility index (Phi) is 2.57. The largest absolute Gasteiger partial charge is 0.151 e. The number of hydrogen-bond donors (Lipinski definition) is 0. The van der Waals surface area contributed by atoms with Gasteiger partial charge in [-0.1, -0.05) is 11.8 Å². The van der Waals surface area contributed by atoms with Gasteiger partial charge in [0.05, 0.1) is 0 Å². The SMILES string of the molecule is C#C[C]C#C. The van der Waals surface area contributed by atoms with Crippen LogP contribution in [0.1, 0.15) is 0 Å². The highest BCUT2D eigenvalue weighted by molar-refractivity contribution is 5.18. The molecule has 0 heterocycles. The smallest absolute Gasteiger partial charge is 0.118 e. The van der Waals surface area contributed by atoms with Crippen molar-refractivity contribution in [3.63, 3.8) is 0 Å². The third-order valence-electron chi connectivity index (χ3n) is 0.144. The quantitative estimate of drug-likeness (QED) is 0.355. The van der Waals surface area contributed by atoms with Gasteiger partial charge < -0.3 is 0 Å². The van der Waals surface area contributed by atoms with Crippen molar-refractivity contribution < 1.29 is 0 Å². The highest BCUT2D eigenvalue weighted by Gasteiger charge is 1.55. The van der Waals surface area contributed by atoms with E-state index in [2.05, 4.69) is 19.3 Å². The minimum Gasteiger partial charge on any atom is -0.118 e. The number of rotatable bonds is 0. The average Bonchev–Trinajstić information content (AvgIpc) is 1.41. The summed E-state index contributed by atoms with van der Waals surface area (Å²) in [4.78, 5) is 0. The first kappa shape index (κ1) is 4.12. The zero-order valence-electron chi connectivity index (χ0n) is 2.65. The number of terminal acetylenes is 2. The van der Waals surface area contributed by atoms with E-state index in [-0.39, 0.29) is 0 Å². The Bertz CT molecular complexity index is 65.2. The van der Waals surface area contributed by atoms with Crippen LogP contribution in [-0.2, 0) is 0 Å². The van der Waals surface area contributed by atoms with Crippen LogP contribution in [0.2, 0.25) is 0 Å². The van der Waals surface area contributed by atoms with Crippen molar-refractivity contribution in [2.24, 2.45) is 0 Å². The summed E-state index contributed by atoms with van der Waals surface area (Å²) in [6.07, 6.45) is 11.4. The lowest BCUT2D eigenvalue weighted by Crippen LogP contribution is -1.49. The molecule has 0 amide bonds. The first-order valence-corrected chi connectivity index (χ1v) is 1.08. The van der Waals surface area contributed by atoms with Gasteiger partial charge in [0.1, 0.15) is 0 Å². The minimum atomic E-state index is 2.03. The van der Waals surface area contributed by atoms with Gasteiger partial charge in [0.2, 0.25) is 0 Å². The molecule has 0 aliphatic rings. The molecule has 0 unspecified atom stereocenters. The summed E-state index contributed by atoms with van der Waals surface area (Å²) in [7, 11) is 0. The molecule has 0 aromatic rings. The van der Waals surface area contributed by atoms with E-state index < -0.39 is 0 Å². The molecule has 2 radical (unpaired) electrons. The first-order valence-electron chi connectivity index (χ1n) is 1.08. The minimum absolute atomic E-state index is 2.03. The van der Waals surface area contributed by atoms with Crippen LogP contribution in [0.25, 0.3) is 0 Å². The molecule has 0 rings (SSSR count). The molecule has 0 fully saturated rings. The molecule has 0 aromatic heterocycles. The standard InChI is InChI=1S/C5H2/c1-3-5-4-2/h1-2H. The maximum Gasteiger partial charge on any atom is 0.151 e. The Morgan fingerprint density at radius 1 is 1.00 bits per heavy atom. The second kappa shape index (κ2) is 3.12. The van der Waals surface area contributed by atoms with Gasteiger partial charge >= 0.3 is 0 Å². The van der Waals surface area contributed by atoms with E-state index in [0.717, 1.165) is 0 Å². The number of hydrogen-bond acceptors (Lipinski definition) is 0. The van der Waals surface area contributed by atoms with Crippen molar-refractivity contribution >= 4 is 0 Å². The Morgan fingerprint density at radius 3 is 1.40 bits per heavy atom. The summed E-state index contributed by atoms with van der Waals surface area (Å²) in [6, 6.07) is 0. The highest BCUT2D eigenvalue weighted by atomic mass is 13.5. The monoisotopic (exact) mass is 62.0 g/mol. The summed E-state index contributed by atoms with van der Waals surface area (Å²) in [5, 5.41) is 0. The summed E-state index contributed by atoms with van der Waals surface area (Å²) in [5.74, 6) is 4.06. The van der Waals surface area contributed by atoms with Crippen LogP contribution in [0.15, 0.2) is 0 Å². The van der Waals surface area contributed by atoms with E-state index in [1.165, 1.54) is 0 Å². The van der Waals surface area contributed by atoms with Crippen LogP contribution >= 0.6 is 0 Å². The van der Waals surface area contributed by atoms with Gasteiger partial charge in [0.15, 0.2) is 6.42 Å².